The Balaban J connectivity index is 2.46. The normalized spacial score (nSPS) is 9.18. The lowest BCUT2D eigenvalue weighted by Gasteiger charge is -2.03. The average molecular weight is 234 g/mol. The molecule has 17 heavy (non-hydrogen) atoms. The van der Waals surface area contributed by atoms with Crippen molar-refractivity contribution in [3.05, 3.63) is 55.1 Å². The van der Waals surface area contributed by atoms with Gasteiger partial charge in [0.2, 0.25) is 0 Å². The molecule has 0 aliphatic rings. The highest BCUT2D eigenvalue weighted by Gasteiger charge is 2.13. The molecule has 0 N–H and O–H groups in total. The zero-order chi connectivity index (χ0) is 12.7. The SMILES string of the molecule is C=CC(=O)OOOC(=O)C(=C)c1ccccc1. The fourth-order valence-electron chi connectivity index (χ4n) is 0.923. The van der Waals surface area contributed by atoms with Gasteiger partial charge in [-0.1, -0.05) is 43.5 Å². The van der Waals surface area contributed by atoms with Gasteiger partial charge in [0.1, 0.15) is 0 Å². The first-order valence-corrected chi connectivity index (χ1v) is 4.61. The minimum Gasteiger partial charge on any atom is -0.255 e. The van der Waals surface area contributed by atoms with Crippen LogP contribution in [0.2, 0.25) is 0 Å². The van der Waals surface area contributed by atoms with Crippen molar-refractivity contribution in [1.82, 2.24) is 0 Å². The number of hydrogen-bond donors (Lipinski definition) is 0. The molecule has 1 aromatic rings. The first-order valence-electron chi connectivity index (χ1n) is 4.61. The Hall–Kier alpha value is -2.40. The monoisotopic (exact) mass is 234 g/mol. The number of benzene rings is 1. The van der Waals surface area contributed by atoms with Gasteiger partial charge >= 0.3 is 11.9 Å². The van der Waals surface area contributed by atoms with Gasteiger partial charge in [0, 0.05) is 11.1 Å². The van der Waals surface area contributed by atoms with Gasteiger partial charge in [-0.3, -0.25) is 9.78 Å². The van der Waals surface area contributed by atoms with E-state index < -0.39 is 11.9 Å². The molecule has 0 radical (unpaired) electrons. The van der Waals surface area contributed by atoms with Crippen molar-refractivity contribution in [3.8, 4) is 0 Å². The van der Waals surface area contributed by atoms with E-state index in [0.717, 1.165) is 6.08 Å². The van der Waals surface area contributed by atoms with Crippen molar-refractivity contribution in [1.29, 1.82) is 0 Å². The molecule has 5 heteroatoms. The summed E-state index contributed by atoms with van der Waals surface area (Å²) in [7, 11) is 0. The molecule has 0 aliphatic heterocycles. The first kappa shape index (κ1) is 12.7. The Morgan fingerprint density at radius 2 is 1.76 bits per heavy atom. The second-order valence-corrected chi connectivity index (χ2v) is 2.89. The Morgan fingerprint density at radius 1 is 1.12 bits per heavy atom. The van der Waals surface area contributed by atoms with Gasteiger partial charge in [-0.25, -0.2) is 9.59 Å². The molecule has 1 rings (SSSR count). The third-order valence-electron chi connectivity index (χ3n) is 1.76. The minimum absolute atomic E-state index is 0.0836. The largest absolute Gasteiger partial charge is 0.377 e. The molecule has 5 nitrogen and oxygen atoms in total. The molecule has 0 aromatic heterocycles. The van der Waals surface area contributed by atoms with Gasteiger partial charge in [0.05, 0.1) is 5.57 Å². The summed E-state index contributed by atoms with van der Waals surface area (Å²) in [5, 5.41) is 3.96. The fraction of sp³-hybridized carbons (Fsp3) is 0. The van der Waals surface area contributed by atoms with E-state index in [0.29, 0.717) is 5.56 Å². The molecule has 0 spiro atoms. The van der Waals surface area contributed by atoms with Crippen molar-refractivity contribution in [3.63, 3.8) is 0 Å². The van der Waals surface area contributed by atoms with Gasteiger partial charge in [-0.2, -0.15) is 0 Å². The highest BCUT2D eigenvalue weighted by molar-refractivity contribution is 6.15. The third-order valence-corrected chi connectivity index (χ3v) is 1.76. The van der Waals surface area contributed by atoms with Crippen molar-refractivity contribution in [2.24, 2.45) is 0 Å². The predicted octanol–water partition coefficient (Wildman–Crippen LogP) is 1.82. The van der Waals surface area contributed by atoms with E-state index in [4.69, 9.17) is 0 Å². The predicted molar refractivity (Wildman–Crippen MR) is 58.9 cm³/mol. The van der Waals surface area contributed by atoms with Gasteiger partial charge in [0.15, 0.2) is 0 Å². The molecule has 0 fully saturated rings. The zero-order valence-electron chi connectivity index (χ0n) is 8.92. The van der Waals surface area contributed by atoms with Crippen LogP contribution in [0.4, 0.5) is 0 Å². The van der Waals surface area contributed by atoms with Crippen LogP contribution in [0.5, 0.6) is 0 Å². The van der Waals surface area contributed by atoms with Gasteiger partial charge in [0.25, 0.3) is 0 Å². The molecule has 1 aromatic carbocycles. The van der Waals surface area contributed by atoms with Crippen molar-refractivity contribution in [2.75, 3.05) is 0 Å². The summed E-state index contributed by atoms with van der Waals surface area (Å²) < 4.78 is 0. The van der Waals surface area contributed by atoms with E-state index in [2.05, 4.69) is 28.0 Å². The number of carbonyl (C=O) groups is 2. The maximum atomic E-state index is 11.3. The highest BCUT2D eigenvalue weighted by Crippen LogP contribution is 2.13. The van der Waals surface area contributed by atoms with Crippen molar-refractivity contribution >= 4 is 17.5 Å². The number of rotatable bonds is 5. The molecule has 0 saturated carbocycles. The molecule has 0 saturated heterocycles. The van der Waals surface area contributed by atoms with Crippen LogP contribution in [0.15, 0.2) is 49.6 Å². The zero-order valence-corrected chi connectivity index (χ0v) is 8.92. The van der Waals surface area contributed by atoms with Gasteiger partial charge < -0.3 is 0 Å². The molecule has 0 aliphatic carbocycles. The van der Waals surface area contributed by atoms with E-state index in [1.165, 1.54) is 0 Å². The van der Waals surface area contributed by atoms with E-state index in [1.807, 2.05) is 0 Å². The van der Waals surface area contributed by atoms with E-state index in [9.17, 15) is 9.59 Å². The van der Waals surface area contributed by atoms with Gasteiger partial charge in [-0.15, -0.1) is 0 Å². The third kappa shape index (κ3) is 3.92. The molecule has 0 atom stereocenters. The second kappa shape index (κ2) is 6.24. The average Bonchev–Trinajstić information content (AvgIpc) is 2.38. The minimum atomic E-state index is -0.872. The lowest BCUT2D eigenvalue weighted by atomic mass is 10.1. The van der Waals surface area contributed by atoms with Crippen LogP contribution < -0.4 is 0 Å². The van der Waals surface area contributed by atoms with Crippen LogP contribution in [-0.4, -0.2) is 11.9 Å². The molecular formula is C12H10O5. The molecule has 88 valence electrons. The van der Waals surface area contributed by atoms with Crippen LogP contribution in [-0.2, 0) is 24.4 Å². The lowest BCUT2D eigenvalue weighted by Crippen LogP contribution is -2.10. The summed E-state index contributed by atoms with van der Waals surface area (Å²) in [6.07, 6.45) is 0.861. The van der Waals surface area contributed by atoms with Gasteiger partial charge in [-0.05, 0) is 5.56 Å². The molecule has 0 unspecified atom stereocenters. The highest BCUT2D eigenvalue weighted by atomic mass is 17.5. The molecule has 0 heterocycles. The van der Waals surface area contributed by atoms with Crippen LogP contribution >= 0.6 is 0 Å². The summed E-state index contributed by atoms with van der Waals surface area (Å²) in [4.78, 5) is 30.1. The maximum Gasteiger partial charge on any atom is 0.377 e. The van der Waals surface area contributed by atoms with Crippen molar-refractivity contribution in [2.45, 2.75) is 0 Å². The Kier molecular flexibility index (Phi) is 4.65. The second-order valence-electron chi connectivity index (χ2n) is 2.89. The standard InChI is InChI=1S/C12H10O5/c1-3-11(13)15-17-16-12(14)9(2)10-7-5-4-6-8-10/h3-8H,1-2H2. The van der Waals surface area contributed by atoms with Crippen LogP contribution in [0.1, 0.15) is 5.56 Å². The number of carbonyl (C=O) groups excluding carboxylic acids is 2. The smallest absolute Gasteiger partial charge is 0.255 e. The summed E-state index contributed by atoms with van der Waals surface area (Å²) in [5.41, 5.74) is 0.663. The van der Waals surface area contributed by atoms with E-state index in [-0.39, 0.29) is 5.57 Å². The van der Waals surface area contributed by atoms with Crippen LogP contribution in [0, 0.1) is 0 Å². The van der Waals surface area contributed by atoms with Crippen molar-refractivity contribution < 1.29 is 24.4 Å². The number of hydrogen-bond acceptors (Lipinski definition) is 5. The Morgan fingerprint density at radius 3 is 2.35 bits per heavy atom. The summed E-state index contributed by atoms with van der Waals surface area (Å²) in [5.74, 6) is -1.73. The van der Waals surface area contributed by atoms with E-state index >= 15 is 0 Å². The topological polar surface area (TPSA) is 61.8 Å². The molecule has 0 amide bonds. The fourth-order valence-corrected chi connectivity index (χ4v) is 0.923. The van der Waals surface area contributed by atoms with Crippen LogP contribution in [0.25, 0.3) is 5.57 Å². The maximum absolute atomic E-state index is 11.3. The first-order chi connectivity index (χ1) is 8.15. The molecule has 0 bridgehead atoms. The molecular weight excluding hydrogens is 224 g/mol. The Bertz CT molecular complexity index is 435. The summed E-state index contributed by atoms with van der Waals surface area (Å²) in [6.45, 7) is 6.66. The lowest BCUT2D eigenvalue weighted by molar-refractivity contribution is -0.455. The quantitative estimate of drug-likeness (QED) is 0.441. The summed E-state index contributed by atoms with van der Waals surface area (Å²) >= 11 is 0. The van der Waals surface area contributed by atoms with E-state index in [1.54, 1.807) is 30.3 Å². The summed E-state index contributed by atoms with van der Waals surface area (Å²) in [6, 6.07) is 8.64. The Labute approximate surface area is 97.8 Å². The van der Waals surface area contributed by atoms with Crippen LogP contribution in [0.3, 0.4) is 0 Å².